The molecule has 0 bridgehead atoms. The number of aliphatic hydroxyl groups is 1. The Morgan fingerprint density at radius 2 is 2.00 bits per heavy atom. The van der Waals surface area contributed by atoms with Crippen LogP contribution in [0.25, 0.3) is 0 Å². The molecule has 0 saturated heterocycles. The summed E-state index contributed by atoms with van der Waals surface area (Å²) >= 11 is 0. The molecule has 0 atom stereocenters. The molecule has 1 aliphatic rings. The van der Waals surface area contributed by atoms with Gasteiger partial charge in [0.1, 0.15) is 0 Å². The monoisotopic (exact) mass is 154 g/mol. The molecule has 0 radical (unpaired) electrons. The summed E-state index contributed by atoms with van der Waals surface area (Å²) in [7, 11) is 0. The molecule has 1 nitrogen and oxygen atoms in total. The van der Waals surface area contributed by atoms with Crippen molar-refractivity contribution in [3.8, 4) is 0 Å². The van der Waals surface area contributed by atoms with Crippen molar-refractivity contribution in [1.29, 1.82) is 0 Å². The van der Waals surface area contributed by atoms with Gasteiger partial charge in [0.15, 0.2) is 0 Å². The van der Waals surface area contributed by atoms with Gasteiger partial charge in [0.05, 0.1) is 6.61 Å². The maximum absolute atomic E-state index is 8.98. The van der Waals surface area contributed by atoms with Gasteiger partial charge in [0.2, 0.25) is 0 Å². The van der Waals surface area contributed by atoms with Gasteiger partial charge in [0, 0.05) is 0 Å². The van der Waals surface area contributed by atoms with Crippen molar-refractivity contribution in [2.24, 2.45) is 0 Å². The number of hydrogen-bond donors (Lipinski definition) is 1. The van der Waals surface area contributed by atoms with Crippen LogP contribution >= 0.6 is 0 Å². The normalized spacial score (nSPS) is 18.0. The minimum Gasteiger partial charge on any atom is -0.392 e. The molecule has 11 heavy (non-hydrogen) atoms. The second-order valence-corrected chi connectivity index (χ2v) is 3.32. The summed E-state index contributed by atoms with van der Waals surface area (Å²) in [4.78, 5) is 0. The van der Waals surface area contributed by atoms with Gasteiger partial charge in [-0.15, -0.1) is 0 Å². The highest BCUT2D eigenvalue weighted by Crippen LogP contribution is 2.28. The van der Waals surface area contributed by atoms with Crippen LogP contribution in [0.5, 0.6) is 0 Å². The van der Waals surface area contributed by atoms with E-state index in [1.165, 1.54) is 37.7 Å². The summed E-state index contributed by atoms with van der Waals surface area (Å²) in [6.07, 6.45) is 7.45. The number of unbranched alkanes of at least 4 members (excludes halogenated alkanes) is 1. The fourth-order valence-electron chi connectivity index (χ4n) is 1.75. The summed E-state index contributed by atoms with van der Waals surface area (Å²) in [5.41, 5.74) is 2.88. The molecule has 0 amide bonds. The number of hydrogen-bond acceptors (Lipinski definition) is 1. The quantitative estimate of drug-likeness (QED) is 0.617. The predicted octanol–water partition coefficient (Wildman–Crippen LogP) is 2.65. The molecule has 0 spiro atoms. The van der Waals surface area contributed by atoms with E-state index < -0.39 is 0 Å². The van der Waals surface area contributed by atoms with Crippen molar-refractivity contribution in [2.45, 2.75) is 45.4 Å². The zero-order chi connectivity index (χ0) is 8.10. The Morgan fingerprint density at radius 3 is 2.64 bits per heavy atom. The lowest BCUT2D eigenvalue weighted by Crippen LogP contribution is -1.89. The van der Waals surface area contributed by atoms with E-state index in [2.05, 4.69) is 6.92 Å². The van der Waals surface area contributed by atoms with E-state index in [1.807, 2.05) is 0 Å². The fourth-order valence-corrected chi connectivity index (χ4v) is 1.75. The fraction of sp³-hybridized carbons (Fsp3) is 0.800. The first-order valence-corrected chi connectivity index (χ1v) is 4.69. The van der Waals surface area contributed by atoms with Gasteiger partial charge in [0.25, 0.3) is 0 Å². The molecule has 0 saturated carbocycles. The van der Waals surface area contributed by atoms with Gasteiger partial charge in [-0.1, -0.05) is 18.9 Å². The van der Waals surface area contributed by atoms with Gasteiger partial charge in [-0.2, -0.15) is 0 Å². The molecule has 0 heterocycles. The molecule has 1 aliphatic carbocycles. The van der Waals surface area contributed by atoms with E-state index >= 15 is 0 Å². The first kappa shape index (κ1) is 8.79. The van der Waals surface area contributed by atoms with E-state index in [0.29, 0.717) is 6.61 Å². The molecular weight excluding hydrogens is 136 g/mol. The molecule has 0 aromatic carbocycles. The van der Waals surface area contributed by atoms with Crippen molar-refractivity contribution in [2.75, 3.05) is 6.61 Å². The standard InChI is InChI=1S/C10H18O/c1-2-3-5-9-6-4-7-10(9)8-11/h11H,2-8H2,1H3. The van der Waals surface area contributed by atoms with Crippen LogP contribution in [-0.4, -0.2) is 11.7 Å². The number of allylic oxidation sites excluding steroid dienone is 1. The van der Waals surface area contributed by atoms with Crippen LogP contribution in [-0.2, 0) is 0 Å². The highest BCUT2D eigenvalue weighted by molar-refractivity contribution is 5.19. The molecule has 0 aliphatic heterocycles. The smallest absolute Gasteiger partial charge is 0.0644 e. The summed E-state index contributed by atoms with van der Waals surface area (Å²) in [6, 6.07) is 0. The van der Waals surface area contributed by atoms with Gasteiger partial charge in [-0.25, -0.2) is 0 Å². The second kappa shape index (κ2) is 4.55. The third-order valence-corrected chi connectivity index (χ3v) is 2.48. The molecular formula is C10H18O. The molecule has 1 rings (SSSR count). The van der Waals surface area contributed by atoms with E-state index in [9.17, 15) is 0 Å². The van der Waals surface area contributed by atoms with Crippen LogP contribution in [0.4, 0.5) is 0 Å². The van der Waals surface area contributed by atoms with Crippen LogP contribution in [0.3, 0.4) is 0 Å². The summed E-state index contributed by atoms with van der Waals surface area (Å²) in [6.45, 7) is 2.52. The molecule has 0 aromatic heterocycles. The number of aliphatic hydroxyl groups excluding tert-OH is 1. The van der Waals surface area contributed by atoms with E-state index in [-0.39, 0.29) is 0 Å². The van der Waals surface area contributed by atoms with Gasteiger partial charge < -0.3 is 5.11 Å². The molecule has 0 fully saturated rings. The number of rotatable bonds is 4. The Kier molecular flexibility index (Phi) is 3.64. The molecule has 64 valence electrons. The molecule has 0 aromatic rings. The average molecular weight is 154 g/mol. The summed E-state index contributed by atoms with van der Waals surface area (Å²) in [5.74, 6) is 0. The summed E-state index contributed by atoms with van der Waals surface area (Å²) in [5, 5.41) is 8.98. The van der Waals surface area contributed by atoms with Crippen molar-refractivity contribution in [3.63, 3.8) is 0 Å². The Hall–Kier alpha value is -0.300. The highest BCUT2D eigenvalue weighted by Gasteiger charge is 2.12. The zero-order valence-electron chi connectivity index (χ0n) is 7.40. The van der Waals surface area contributed by atoms with Crippen LogP contribution in [0.1, 0.15) is 45.4 Å². The Labute approximate surface area is 69.1 Å². The molecule has 1 N–H and O–H groups in total. The van der Waals surface area contributed by atoms with Crippen LogP contribution in [0.2, 0.25) is 0 Å². The minimum atomic E-state index is 0.305. The maximum atomic E-state index is 8.98. The maximum Gasteiger partial charge on any atom is 0.0644 e. The lowest BCUT2D eigenvalue weighted by Gasteiger charge is -2.02. The van der Waals surface area contributed by atoms with Crippen LogP contribution < -0.4 is 0 Å². The Bertz CT molecular complexity index is 147. The van der Waals surface area contributed by atoms with E-state index in [4.69, 9.17) is 5.11 Å². The SMILES string of the molecule is CCCCC1=C(CO)CCC1. The lowest BCUT2D eigenvalue weighted by atomic mass is 10.1. The van der Waals surface area contributed by atoms with Gasteiger partial charge in [-0.05, 0) is 37.7 Å². The summed E-state index contributed by atoms with van der Waals surface area (Å²) < 4.78 is 0. The Balaban J connectivity index is 2.39. The van der Waals surface area contributed by atoms with Crippen molar-refractivity contribution in [3.05, 3.63) is 11.1 Å². The molecule has 0 unspecified atom stereocenters. The Morgan fingerprint density at radius 1 is 1.27 bits per heavy atom. The van der Waals surface area contributed by atoms with E-state index in [0.717, 1.165) is 6.42 Å². The van der Waals surface area contributed by atoms with E-state index in [1.54, 1.807) is 5.57 Å². The minimum absolute atomic E-state index is 0.305. The largest absolute Gasteiger partial charge is 0.392 e. The predicted molar refractivity (Wildman–Crippen MR) is 47.5 cm³/mol. The molecule has 1 heteroatoms. The zero-order valence-corrected chi connectivity index (χ0v) is 7.40. The average Bonchev–Trinajstić information content (AvgIpc) is 2.47. The van der Waals surface area contributed by atoms with Crippen LogP contribution in [0, 0.1) is 0 Å². The van der Waals surface area contributed by atoms with Crippen molar-refractivity contribution in [1.82, 2.24) is 0 Å². The van der Waals surface area contributed by atoms with Crippen molar-refractivity contribution < 1.29 is 5.11 Å². The first-order chi connectivity index (χ1) is 5.38. The third kappa shape index (κ3) is 2.33. The van der Waals surface area contributed by atoms with Crippen molar-refractivity contribution >= 4 is 0 Å². The van der Waals surface area contributed by atoms with Gasteiger partial charge in [-0.3, -0.25) is 0 Å². The lowest BCUT2D eigenvalue weighted by molar-refractivity contribution is 0.327. The highest BCUT2D eigenvalue weighted by atomic mass is 16.3. The van der Waals surface area contributed by atoms with Crippen LogP contribution in [0.15, 0.2) is 11.1 Å². The first-order valence-electron chi connectivity index (χ1n) is 4.69. The topological polar surface area (TPSA) is 20.2 Å². The third-order valence-electron chi connectivity index (χ3n) is 2.48. The second-order valence-electron chi connectivity index (χ2n) is 3.32. The van der Waals surface area contributed by atoms with Gasteiger partial charge >= 0.3 is 0 Å².